The number of aryl methyl sites for hydroxylation is 1. The molecular formula is C17H24N6O2. The Hall–Kier alpha value is -2.22. The molecule has 2 atom stereocenters. The Labute approximate surface area is 146 Å². The van der Waals surface area contributed by atoms with E-state index in [0.717, 1.165) is 17.8 Å². The minimum Gasteiger partial charge on any atom is -0.370 e. The van der Waals surface area contributed by atoms with Crippen LogP contribution >= 0.6 is 0 Å². The molecule has 4 rings (SSSR count). The Balaban J connectivity index is 1.58. The molecule has 0 radical (unpaired) electrons. The molecule has 1 saturated heterocycles. The maximum atomic E-state index is 13.1. The van der Waals surface area contributed by atoms with Gasteiger partial charge in [0.05, 0.1) is 36.3 Å². The van der Waals surface area contributed by atoms with E-state index in [0.29, 0.717) is 37.9 Å². The lowest BCUT2D eigenvalue weighted by molar-refractivity contribution is -0.0606. The first-order chi connectivity index (χ1) is 12.1. The van der Waals surface area contributed by atoms with Gasteiger partial charge in [0, 0.05) is 19.6 Å². The van der Waals surface area contributed by atoms with E-state index in [1.807, 2.05) is 27.3 Å². The summed E-state index contributed by atoms with van der Waals surface area (Å²) in [5.41, 5.74) is 2.59. The van der Waals surface area contributed by atoms with E-state index >= 15 is 0 Å². The van der Waals surface area contributed by atoms with Crippen LogP contribution in [-0.2, 0) is 17.9 Å². The number of aromatic nitrogens is 5. The second-order valence-corrected chi connectivity index (χ2v) is 7.05. The van der Waals surface area contributed by atoms with Crippen LogP contribution in [0.5, 0.6) is 0 Å². The van der Waals surface area contributed by atoms with Crippen molar-refractivity contribution in [2.45, 2.75) is 58.4 Å². The van der Waals surface area contributed by atoms with Gasteiger partial charge in [-0.2, -0.15) is 5.10 Å². The Morgan fingerprint density at radius 2 is 2.28 bits per heavy atom. The summed E-state index contributed by atoms with van der Waals surface area (Å²) in [6, 6.07) is 1.97. The molecule has 2 aromatic rings. The molecule has 134 valence electrons. The van der Waals surface area contributed by atoms with Crippen LogP contribution in [0, 0.1) is 0 Å². The van der Waals surface area contributed by atoms with Gasteiger partial charge in [0.15, 0.2) is 0 Å². The third-order valence-electron chi connectivity index (χ3n) is 5.12. The zero-order valence-electron chi connectivity index (χ0n) is 14.9. The Morgan fingerprint density at radius 3 is 3.04 bits per heavy atom. The largest absolute Gasteiger partial charge is 0.370 e. The first-order valence-electron chi connectivity index (χ1n) is 8.96. The van der Waals surface area contributed by atoms with E-state index in [2.05, 4.69) is 29.3 Å². The van der Waals surface area contributed by atoms with Gasteiger partial charge in [0.1, 0.15) is 5.69 Å². The van der Waals surface area contributed by atoms with Gasteiger partial charge in [-0.05, 0) is 25.3 Å². The van der Waals surface area contributed by atoms with Crippen LogP contribution in [0.3, 0.4) is 0 Å². The van der Waals surface area contributed by atoms with Crippen LogP contribution in [0.25, 0.3) is 0 Å². The number of amides is 1. The van der Waals surface area contributed by atoms with Gasteiger partial charge in [0.25, 0.3) is 5.91 Å². The summed E-state index contributed by atoms with van der Waals surface area (Å²) < 4.78 is 9.65. The highest BCUT2D eigenvalue weighted by atomic mass is 16.5. The van der Waals surface area contributed by atoms with Gasteiger partial charge in [-0.15, -0.1) is 5.10 Å². The van der Waals surface area contributed by atoms with E-state index in [-0.39, 0.29) is 18.1 Å². The lowest BCUT2D eigenvalue weighted by Gasteiger charge is -2.40. The maximum Gasteiger partial charge on any atom is 0.272 e. The van der Waals surface area contributed by atoms with Crippen molar-refractivity contribution in [1.82, 2.24) is 29.7 Å². The Bertz CT molecular complexity index is 780. The number of hydrogen-bond donors (Lipinski definition) is 0. The summed E-state index contributed by atoms with van der Waals surface area (Å²) >= 11 is 0. The van der Waals surface area contributed by atoms with Crippen molar-refractivity contribution in [3.63, 3.8) is 0 Å². The topological polar surface area (TPSA) is 78.1 Å². The predicted molar refractivity (Wildman–Crippen MR) is 90.1 cm³/mol. The zero-order chi connectivity index (χ0) is 17.6. The van der Waals surface area contributed by atoms with E-state index in [1.54, 1.807) is 6.20 Å². The fourth-order valence-corrected chi connectivity index (χ4v) is 3.66. The van der Waals surface area contributed by atoms with Crippen LogP contribution in [0.15, 0.2) is 12.3 Å². The minimum atomic E-state index is 0.0338. The van der Waals surface area contributed by atoms with Gasteiger partial charge in [-0.1, -0.05) is 19.1 Å². The lowest BCUT2D eigenvalue weighted by atomic mass is 10.00. The standard InChI is InChI=1S/C17H24N6O2/c1-4-22-14(7-13(19-22)11(2)3)17(24)21-6-5-16-15(9-21)23-12(10-25-16)8-18-20-23/h7-8,11,15-16H,4-6,9-10H2,1-3H3/t15-,16+/m0/s1. The van der Waals surface area contributed by atoms with Crippen LogP contribution in [0.1, 0.15) is 61.0 Å². The summed E-state index contributed by atoms with van der Waals surface area (Å²) in [6.07, 6.45) is 2.64. The number of carbonyl (C=O) groups excluding carboxylic acids is 1. The highest BCUT2D eigenvalue weighted by Gasteiger charge is 2.38. The van der Waals surface area contributed by atoms with Gasteiger partial charge in [-0.3, -0.25) is 9.48 Å². The normalized spacial score (nSPS) is 22.8. The molecule has 8 nitrogen and oxygen atoms in total. The molecule has 0 spiro atoms. The van der Waals surface area contributed by atoms with Gasteiger partial charge >= 0.3 is 0 Å². The number of hydrogen-bond acceptors (Lipinski definition) is 5. The predicted octanol–water partition coefficient (Wildman–Crippen LogP) is 1.60. The molecule has 0 saturated carbocycles. The highest BCUT2D eigenvalue weighted by Crippen LogP contribution is 2.30. The number of piperidine rings is 1. The summed E-state index contributed by atoms with van der Waals surface area (Å²) in [5.74, 6) is 0.335. The van der Waals surface area contributed by atoms with Crippen LogP contribution in [-0.4, -0.2) is 54.8 Å². The van der Waals surface area contributed by atoms with Crippen molar-refractivity contribution in [1.29, 1.82) is 0 Å². The molecule has 1 fully saturated rings. The van der Waals surface area contributed by atoms with Crippen LogP contribution in [0.2, 0.25) is 0 Å². The third kappa shape index (κ3) is 2.74. The molecule has 2 aliphatic heterocycles. The number of rotatable bonds is 3. The molecule has 0 bridgehead atoms. The van der Waals surface area contributed by atoms with Crippen molar-refractivity contribution in [3.05, 3.63) is 29.3 Å². The number of fused-ring (bicyclic) bond motifs is 3. The van der Waals surface area contributed by atoms with Crippen molar-refractivity contribution in [2.75, 3.05) is 13.1 Å². The Morgan fingerprint density at radius 1 is 1.44 bits per heavy atom. The third-order valence-corrected chi connectivity index (χ3v) is 5.12. The molecule has 1 amide bonds. The van der Waals surface area contributed by atoms with Crippen molar-refractivity contribution in [3.8, 4) is 0 Å². The van der Waals surface area contributed by atoms with E-state index in [9.17, 15) is 4.79 Å². The monoisotopic (exact) mass is 344 g/mol. The van der Waals surface area contributed by atoms with Gasteiger partial charge in [0.2, 0.25) is 0 Å². The Kier molecular flexibility index (Phi) is 4.07. The van der Waals surface area contributed by atoms with Crippen LogP contribution in [0.4, 0.5) is 0 Å². The van der Waals surface area contributed by atoms with E-state index < -0.39 is 0 Å². The zero-order valence-corrected chi connectivity index (χ0v) is 14.9. The molecule has 0 N–H and O–H groups in total. The minimum absolute atomic E-state index is 0.0338. The maximum absolute atomic E-state index is 13.1. The van der Waals surface area contributed by atoms with Crippen molar-refractivity contribution < 1.29 is 9.53 Å². The van der Waals surface area contributed by atoms with Crippen molar-refractivity contribution >= 4 is 5.91 Å². The van der Waals surface area contributed by atoms with E-state index in [4.69, 9.17) is 4.74 Å². The molecule has 2 aromatic heterocycles. The summed E-state index contributed by atoms with van der Waals surface area (Å²) in [7, 11) is 0. The summed E-state index contributed by atoms with van der Waals surface area (Å²) in [6.45, 7) is 8.70. The quantitative estimate of drug-likeness (QED) is 0.845. The lowest BCUT2D eigenvalue weighted by Crippen LogP contribution is -2.50. The second kappa shape index (κ2) is 6.25. The molecule has 25 heavy (non-hydrogen) atoms. The summed E-state index contributed by atoms with van der Waals surface area (Å²) in [4.78, 5) is 15.0. The molecule has 8 heteroatoms. The molecule has 0 unspecified atom stereocenters. The number of likely N-dealkylation sites (tertiary alicyclic amines) is 1. The highest BCUT2D eigenvalue weighted by molar-refractivity contribution is 5.92. The van der Waals surface area contributed by atoms with Gasteiger partial charge < -0.3 is 9.64 Å². The SMILES string of the molecule is CCn1nc(C(C)C)cc1C(=O)N1CC[C@H]2OCc3cnnn3[C@H]2C1. The van der Waals surface area contributed by atoms with E-state index in [1.165, 1.54) is 0 Å². The number of carbonyl (C=O) groups is 1. The average Bonchev–Trinajstić information content (AvgIpc) is 3.27. The number of ether oxygens (including phenoxy) is 1. The fraction of sp³-hybridized carbons (Fsp3) is 0.647. The molecule has 0 aromatic carbocycles. The second-order valence-electron chi connectivity index (χ2n) is 7.05. The van der Waals surface area contributed by atoms with Crippen LogP contribution < -0.4 is 0 Å². The van der Waals surface area contributed by atoms with Crippen molar-refractivity contribution in [2.24, 2.45) is 0 Å². The summed E-state index contributed by atoms with van der Waals surface area (Å²) in [5, 5.41) is 12.8. The number of nitrogens with zero attached hydrogens (tertiary/aromatic N) is 6. The molecule has 2 aliphatic rings. The first-order valence-corrected chi connectivity index (χ1v) is 8.96. The molecular weight excluding hydrogens is 320 g/mol. The fourth-order valence-electron chi connectivity index (χ4n) is 3.66. The van der Waals surface area contributed by atoms with Gasteiger partial charge in [-0.25, -0.2) is 4.68 Å². The smallest absolute Gasteiger partial charge is 0.272 e. The first kappa shape index (κ1) is 16.3. The molecule has 0 aliphatic carbocycles. The average molecular weight is 344 g/mol. The molecule has 4 heterocycles.